The molecule has 1 amide bonds. The van der Waals surface area contributed by atoms with Crippen LogP contribution in [0, 0.1) is 5.82 Å². The summed E-state index contributed by atoms with van der Waals surface area (Å²) in [4.78, 5) is 26.8. The summed E-state index contributed by atoms with van der Waals surface area (Å²) in [5, 5.41) is 9.35. The number of rotatable bonds is 4. The van der Waals surface area contributed by atoms with Crippen LogP contribution in [0.1, 0.15) is 10.6 Å². The van der Waals surface area contributed by atoms with Crippen LogP contribution in [0.4, 0.5) is 9.52 Å². The lowest BCUT2D eigenvalue weighted by Gasteiger charge is -2.33. The van der Waals surface area contributed by atoms with Crippen molar-refractivity contribution in [1.29, 1.82) is 0 Å². The number of piperazine rings is 1. The molecule has 4 aromatic rings. The van der Waals surface area contributed by atoms with Crippen LogP contribution in [-0.4, -0.2) is 56.7 Å². The highest BCUT2D eigenvalue weighted by atomic mass is 32.1. The molecule has 1 aliphatic heterocycles. The Kier molecular flexibility index (Phi) is 5.01. The molecule has 7 nitrogen and oxygen atoms in total. The summed E-state index contributed by atoms with van der Waals surface area (Å²) in [5.74, 6) is 0.185. The van der Waals surface area contributed by atoms with Gasteiger partial charge in [0.25, 0.3) is 5.91 Å². The van der Waals surface area contributed by atoms with Gasteiger partial charge in [0.15, 0.2) is 11.0 Å². The van der Waals surface area contributed by atoms with Gasteiger partial charge in [-0.1, -0.05) is 6.07 Å². The van der Waals surface area contributed by atoms with Crippen molar-refractivity contribution in [3.63, 3.8) is 0 Å². The van der Waals surface area contributed by atoms with Crippen molar-refractivity contribution in [3.05, 3.63) is 65.0 Å². The van der Waals surface area contributed by atoms with Crippen LogP contribution in [0.5, 0.6) is 0 Å². The Morgan fingerprint density at radius 3 is 2.47 bits per heavy atom. The number of thiazole rings is 1. The Balaban J connectivity index is 1.41. The van der Waals surface area contributed by atoms with Crippen molar-refractivity contribution in [2.45, 2.75) is 0 Å². The molecular formula is C20H17FN6OS2. The van der Waals surface area contributed by atoms with Crippen LogP contribution < -0.4 is 4.90 Å². The zero-order valence-corrected chi connectivity index (χ0v) is 17.4. The Bertz CT molecular complexity index is 1130. The first kappa shape index (κ1) is 18.9. The van der Waals surface area contributed by atoms with Crippen molar-refractivity contribution in [2.75, 3.05) is 31.1 Å². The van der Waals surface area contributed by atoms with Crippen molar-refractivity contribution in [3.8, 4) is 16.4 Å². The van der Waals surface area contributed by atoms with Crippen molar-refractivity contribution < 1.29 is 9.18 Å². The zero-order valence-electron chi connectivity index (χ0n) is 15.8. The molecule has 1 aromatic carbocycles. The van der Waals surface area contributed by atoms with E-state index in [0.717, 1.165) is 23.1 Å². The SMILES string of the molecule is O=C(c1nc(-c2cccs2)n(-c2ccc(F)cc2)n1)N1CCN(c2nccs2)CC1. The number of hydrogen-bond donors (Lipinski definition) is 0. The maximum absolute atomic E-state index is 13.4. The molecule has 0 N–H and O–H groups in total. The number of benzene rings is 1. The Labute approximate surface area is 180 Å². The second kappa shape index (κ2) is 7.96. The molecule has 0 atom stereocenters. The first-order valence-electron chi connectivity index (χ1n) is 9.39. The van der Waals surface area contributed by atoms with Gasteiger partial charge in [-0.2, -0.15) is 0 Å². The minimum absolute atomic E-state index is 0.144. The first-order chi connectivity index (χ1) is 14.7. The molecule has 152 valence electrons. The van der Waals surface area contributed by atoms with Gasteiger partial charge in [0.2, 0.25) is 5.82 Å². The average molecular weight is 441 g/mol. The lowest BCUT2D eigenvalue weighted by molar-refractivity contribution is 0.0734. The number of hydrogen-bond acceptors (Lipinski definition) is 7. The van der Waals surface area contributed by atoms with Crippen molar-refractivity contribution >= 4 is 33.7 Å². The standard InChI is InChI=1S/C20H17FN6OS2/c21-14-3-5-15(6-4-14)27-18(16-2-1-12-29-16)23-17(24-27)19(28)25-8-10-26(11-9-25)20-22-7-13-30-20/h1-7,12-13H,8-11H2. The summed E-state index contributed by atoms with van der Waals surface area (Å²) >= 11 is 3.11. The predicted molar refractivity (Wildman–Crippen MR) is 115 cm³/mol. The molecule has 4 heterocycles. The number of amides is 1. The lowest BCUT2D eigenvalue weighted by atomic mass is 10.3. The molecule has 0 unspecified atom stereocenters. The van der Waals surface area contributed by atoms with Crippen LogP contribution in [0.15, 0.2) is 53.4 Å². The highest BCUT2D eigenvalue weighted by Gasteiger charge is 2.27. The summed E-state index contributed by atoms with van der Waals surface area (Å²) in [6, 6.07) is 9.84. The van der Waals surface area contributed by atoms with E-state index in [0.29, 0.717) is 24.6 Å². The van der Waals surface area contributed by atoms with E-state index in [1.807, 2.05) is 22.9 Å². The van der Waals surface area contributed by atoms with E-state index >= 15 is 0 Å². The maximum Gasteiger partial charge on any atom is 0.293 e. The minimum atomic E-state index is -0.328. The highest BCUT2D eigenvalue weighted by Crippen LogP contribution is 2.26. The molecule has 0 spiro atoms. The van der Waals surface area contributed by atoms with Gasteiger partial charge in [-0.25, -0.2) is 19.0 Å². The Hall–Kier alpha value is -3.11. The second-order valence-corrected chi connectivity index (χ2v) is 8.54. The molecule has 0 saturated carbocycles. The van der Waals surface area contributed by atoms with E-state index in [4.69, 9.17) is 0 Å². The smallest absolute Gasteiger partial charge is 0.293 e. The molecule has 1 aliphatic rings. The third-order valence-corrected chi connectivity index (χ3v) is 6.57. The number of carbonyl (C=O) groups is 1. The summed E-state index contributed by atoms with van der Waals surface area (Å²) in [6.45, 7) is 2.60. The lowest BCUT2D eigenvalue weighted by Crippen LogP contribution is -2.49. The molecule has 30 heavy (non-hydrogen) atoms. The van der Waals surface area contributed by atoms with Crippen LogP contribution in [0.2, 0.25) is 0 Å². The number of carbonyl (C=O) groups excluding carboxylic acids is 1. The van der Waals surface area contributed by atoms with Crippen LogP contribution >= 0.6 is 22.7 Å². The number of thiophene rings is 1. The Morgan fingerprint density at radius 2 is 1.80 bits per heavy atom. The number of nitrogens with zero attached hydrogens (tertiary/aromatic N) is 6. The van der Waals surface area contributed by atoms with Crippen molar-refractivity contribution in [2.24, 2.45) is 0 Å². The van der Waals surface area contributed by atoms with Crippen LogP contribution in [-0.2, 0) is 0 Å². The number of halogens is 1. The minimum Gasteiger partial charge on any atom is -0.345 e. The third kappa shape index (κ3) is 3.59. The van der Waals surface area contributed by atoms with Gasteiger partial charge < -0.3 is 9.80 Å². The average Bonchev–Trinajstić information content (AvgIpc) is 3.55. The van der Waals surface area contributed by atoms with E-state index in [9.17, 15) is 9.18 Å². The van der Waals surface area contributed by atoms with Crippen molar-refractivity contribution in [1.82, 2.24) is 24.6 Å². The van der Waals surface area contributed by atoms with Gasteiger partial charge in [0.05, 0.1) is 10.6 Å². The van der Waals surface area contributed by atoms with Gasteiger partial charge in [0, 0.05) is 37.8 Å². The molecule has 5 rings (SSSR count). The fourth-order valence-electron chi connectivity index (χ4n) is 3.34. The largest absolute Gasteiger partial charge is 0.345 e. The van der Waals surface area contributed by atoms with Gasteiger partial charge in [-0.05, 0) is 35.7 Å². The fourth-order valence-corrected chi connectivity index (χ4v) is 4.74. The molecule has 0 aliphatic carbocycles. The molecule has 3 aromatic heterocycles. The van der Waals surface area contributed by atoms with Crippen LogP contribution in [0.3, 0.4) is 0 Å². The second-order valence-electron chi connectivity index (χ2n) is 6.72. The zero-order chi connectivity index (χ0) is 20.5. The molecule has 10 heteroatoms. The van der Waals surface area contributed by atoms with E-state index < -0.39 is 0 Å². The molecule has 0 radical (unpaired) electrons. The normalized spacial score (nSPS) is 14.3. The van der Waals surface area contributed by atoms with Gasteiger partial charge in [-0.15, -0.1) is 27.8 Å². The topological polar surface area (TPSA) is 67.2 Å². The molecular weight excluding hydrogens is 423 g/mol. The summed E-state index contributed by atoms with van der Waals surface area (Å²) in [7, 11) is 0. The summed E-state index contributed by atoms with van der Waals surface area (Å²) in [5.41, 5.74) is 0.653. The quantitative estimate of drug-likeness (QED) is 0.486. The maximum atomic E-state index is 13.4. The summed E-state index contributed by atoms with van der Waals surface area (Å²) < 4.78 is 15.0. The van der Waals surface area contributed by atoms with E-state index in [1.54, 1.807) is 39.2 Å². The van der Waals surface area contributed by atoms with E-state index in [2.05, 4.69) is 20.0 Å². The molecule has 1 saturated heterocycles. The molecule has 0 bridgehead atoms. The first-order valence-corrected chi connectivity index (χ1v) is 11.2. The third-order valence-electron chi connectivity index (χ3n) is 4.87. The fraction of sp³-hybridized carbons (Fsp3) is 0.200. The predicted octanol–water partition coefficient (Wildman–Crippen LogP) is 3.55. The van der Waals surface area contributed by atoms with E-state index in [1.165, 1.54) is 23.5 Å². The number of aromatic nitrogens is 4. The number of anilines is 1. The summed E-state index contributed by atoms with van der Waals surface area (Å²) in [6.07, 6.45) is 1.79. The molecule has 1 fully saturated rings. The van der Waals surface area contributed by atoms with Gasteiger partial charge in [-0.3, -0.25) is 4.79 Å². The Morgan fingerprint density at radius 1 is 1.00 bits per heavy atom. The highest BCUT2D eigenvalue weighted by molar-refractivity contribution is 7.13. The monoisotopic (exact) mass is 440 g/mol. The van der Waals surface area contributed by atoms with Gasteiger partial charge >= 0.3 is 0 Å². The van der Waals surface area contributed by atoms with E-state index in [-0.39, 0.29) is 17.5 Å². The van der Waals surface area contributed by atoms with Gasteiger partial charge in [0.1, 0.15) is 5.82 Å². The van der Waals surface area contributed by atoms with Crippen LogP contribution in [0.25, 0.3) is 16.4 Å².